The number of rotatable bonds is 4. The van der Waals surface area contributed by atoms with Crippen molar-refractivity contribution in [2.75, 3.05) is 13.2 Å². The van der Waals surface area contributed by atoms with Gasteiger partial charge in [0.05, 0.1) is 18.6 Å². The maximum absolute atomic E-state index is 12.6. The lowest BCUT2D eigenvalue weighted by Gasteiger charge is -2.26. The Bertz CT molecular complexity index is 486. The van der Waals surface area contributed by atoms with Crippen LogP contribution >= 0.6 is 0 Å². The fourth-order valence-electron chi connectivity index (χ4n) is 2.36. The predicted octanol–water partition coefficient (Wildman–Crippen LogP) is 1.77. The summed E-state index contributed by atoms with van der Waals surface area (Å²) in [7, 11) is 0. The molecular weight excluding hydrogens is 258 g/mol. The van der Waals surface area contributed by atoms with Crippen molar-refractivity contribution in [3.05, 3.63) is 35.9 Å². The third kappa shape index (κ3) is 2.67. The Morgan fingerprint density at radius 1 is 1.40 bits per heavy atom. The molecule has 1 saturated heterocycles. The lowest BCUT2D eigenvalue weighted by Crippen LogP contribution is -2.44. The molecule has 1 aliphatic rings. The van der Waals surface area contributed by atoms with Crippen molar-refractivity contribution in [1.29, 1.82) is 0 Å². The van der Waals surface area contributed by atoms with Gasteiger partial charge >= 0.3 is 6.09 Å². The number of imide groups is 1. The molecule has 0 radical (unpaired) electrons. The second-order valence-corrected chi connectivity index (χ2v) is 5.24. The number of aliphatic hydroxyl groups excluding tert-OH is 1. The normalized spacial score (nSPS) is 20.1. The molecule has 1 aromatic rings. The fraction of sp³-hybridized carbons (Fsp3) is 0.467. The van der Waals surface area contributed by atoms with Crippen LogP contribution in [-0.2, 0) is 9.53 Å². The number of ether oxygens (including phenoxy) is 1. The lowest BCUT2D eigenvalue weighted by atomic mass is 9.96. The van der Waals surface area contributed by atoms with Crippen molar-refractivity contribution in [3.63, 3.8) is 0 Å². The monoisotopic (exact) mass is 277 g/mol. The van der Waals surface area contributed by atoms with E-state index in [4.69, 9.17) is 4.74 Å². The molecule has 5 heteroatoms. The number of nitrogens with zero attached hydrogens (tertiary/aromatic N) is 1. The van der Waals surface area contributed by atoms with Crippen molar-refractivity contribution in [1.82, 2.24) is 4.90 Å². The van der Waals surface area contributed by atoms with E-state index in [2.05, 4.69) is 0 Å². The summed E-state index contributed by atoms with van der Waals surface area (Å²) in [5, 5.41) is 9.52. The standard InChI is InChI=1S/C15H19NO4/c1-10(2)13-9-20-15(19)16(13)14(18)12(8-17)11-6-4-3-5-7-11/h3-7,10,12-13,17H,8-9H2,1-2H3/t12-,13+/m0/s1. The summed E-state index contributed by atoms with van der Waals surface area (Å²) in [6, 6.07) is 8.70. The summed E-state index contributed by atoms with van der Waals surface area (Å²) in [6.45, 7) is 3.75. The fourth-order valence-corrected chi connectivity index (χ4v) is 2.36. The molecule has 0 bridgehead atoms. The summed E-state index contributed by atoms with van der Waals surface area (Å²) in [4.78, 5) is 25.5. The molecule has 1 aromatic carbocycles. The van der Waals surface area contributed by atoms with Crippen LogP contribution in [0.2, 0.25) is 0 Å². The lowest BCUT2D eigenvalue weighted by molar-refractivity contribution is -0.132. The molecule has 5 nitrogen and oxygen atoms in total. The van der Waals surface area contributed by atoms with Gasteiger partial charge in [-0.2, -0.15) is 0 Å². The van der Waals surface area contributed by atoms with Gasteiger partial charge in [0, 0.05) is 0 Å². The number of benzene rings is 1. The zero-order chi connectivity index (χ0) is 14.7. The van der Waals surface area contributed by atoms with Gasteiger partial charge in [0.1, 0.15) is 6.61 Å². The SMILES string of the molecule is CC(C)[C@H]1COC(=O)N1C(=O)[C@@H](CO)c1ccccc1. The van der Waals surface area contributed by atoms with Crippen LogP contribution in [0.3, 0.4) is 0 Å². The topological polar surface area (TPSA) is 66.8 Å². The van der Waals surface area contributed by atoms with Gasteiger partial charge in [0.15, 0.2) is 0 Å². The summed E-state index contributed by atoms with van der Waals surface area (Å²) in [6.07, 6.45) is -0.622. The number of carbonyl (C=O) groups excluding carboxylic acids is 2. The van der Waals surface area contributed by atoms with Gasteiger partial charge in [-0.05, 0) is 11.5 Å². The van der Waals surface area contributed by atoms with Crippen LogP contribution in [0.5, 0.6) is 0 Å². The van der Waals surface area contributed by atoms with E-state index in [-0.39, 0.29) is 25.2 Å². The Hall–Kier alpha value is -1.88. The van der Waals surface area contributed by atoms with Gasteiger partial charge in [-0.15, -0.1) is 0 Å². The first kappa shape index (κ1) is 14.5. The Morgan fingerprint density at radius 3 is 2.60 bits per heavy atom. The van der Waals surface area contributed by atoms with Crippen molar-refractivity contribution in [2.24, 2.45) is 5.92 Å². The highest BCUT2D eigenvalue weighted by molar-refractivity contribution is 5.97. The van der Waals surface area contributed by atoms with Crippen LogP contribution in [0.1, 0.15) is 25.3 Å². The third-order valence-electron chi connectivity index (χ3n) is 3.60. The quantitative estimate of drug-likeness (QED) is 0.910. The summed E-state index contributed by atoms with van der Waals surface area (Å²) in [5.74, 6) is -1.02. The Morgan fingerprint density at radius 2 is 2.05 bits per heavy atom. The van der Waals surface area contributed by atoms with Crippen molar-refractivity contribution < 1.29 is 19.4 Å². The number of hydrogen-bond acceptors (Lipinski definition) is 4. The molecule has 1 aliphatic heterocycles. The highest BCUT2D eigenvalue weighted by Crippen LogP contribution is 2.25. The Kier molecular flexibility index (Phi) is 4.39. The molecule has 0 aliphatic carbocycles. The van der Waals surface area contributed by atoms with E-state index in [9.17, 15) is 14.7 Å². The van der Waals surface area contributed by atoms with Crippen LogP contribution in [0.15, 0.2) is 30.3 Å². The van der Waals surface area contributed by atoms with Crippen molar-refractivity contribution in [2.45, 2.75) is 25.8 Å². The third-order valence-corrected chi connectivity index (χ3v) is 3.60. The molecular formula is C15H19NO4. The van der Waals surface area contributed by atoms with E-state index in [0.717, 1.165) is 4.90 Å². The number of hydrogen-bond donors (Lipinski definition) is 1. The molecule has 0 saturated carbocycles. The average molecular weight is 277 g/mol. The van der Waals surface area contributed by atoms with E-state index in [0.29, 0.717) is 5.56 Å². The average Bonchev–Trinajstić information content (AvgIpc) is 2.82. The Labute approximate surface area is 118 Å². The number of cyclic esters (lactones) is 1. The molecule has 1 N–H and O–H groups in total. The molecule has 2 rings (SSSR count). The minimum absolute atomic E-state index is 0.112. The van der Waals surface area contributed by atoms with Gasteiger partial charge in [0.2, 0.25) is 5.91 Å². The van der Waals surface area contributed by atoms with E-state index in [1.165, 1.54) is 0 Å². The molecule has 20 heavy (non-hydrogen) atoms. The minimum Gasteiger partial charge on any atom is -0.447 e. The van der Waals surface area contributed by atoms with Gasteiger partial charge < -0.3 is 9.84 Å². The van der Waals surface area contributed by atoms with Crippen LogP contribution in [0.4, 0.5) is 4.79 Å². The second-order valence-electron chi connectivity index (χ2n) is 5.24. The maximum atomic E-state index is 12.6. The minimum atomic E-state index is -0.733. The second kappa shape index (κ2) is 6.05. The molecule has 1 fully saturated rings. The summed E-state index contributed by atoms with van der Waals surface area (Å²) >= 11 is 0. The smallest absolute Gasteiger partial charge is 0.417 e. The van der Waals surface area contributed by atoms with E-state index in [1.807, 2.05) is 19.9 Å². The molecule has 0 unspecified atom stereocenters. The number of aliphatic hydroxyl groups is 1. The molecule has 2 amide bonds. The largest absolute Gasteiger partial charge is 0.447 e. The van der Waals surface area contributed by atoms with Gasteiger partial charge in [0.25, 0.3) is 0 Å². The van der Waals surface area contributed by atoms with Crippen LogP contribution in [-0.4, -0.2) is 41.3 Å². The first-order valence-corrected chi connectivity index (χ1v) is 6.72. The number of amides is 2. The Balaban J connectivity index is 2.26. The van der Waals surface area contributed by atoms with E-state index < -0.39 is 17.9 Å². The van der Waals surface area contributed by atoms with Crippen LogP contribution in [0, 0.1) is 5.92 Å². The van der Waals surface area contributed by atoms with Gasteiger partial charge in [-0.1, -0.05) is 44.2 Å². The maximum Gasteiger partial charge on any atom is 0.417 e. The zero-order valence-electron chi connectivity index (χ0n) is 11.7. The van der Waals surface area contributed by atoms with E-state index in [1.54, 1.807) is 24.3 Å². The molecule has 0 spiro atoms. The summed E-state index contributed by atoms with van der Waals surface area (Å²) in [5.41, 5.74) is 0.696. The van der Waals surface area contributed by atoms with Crippen molar-refractivity contribution >= 4 is 12.0 Å². The number of carbonyl (C=O) groups is 2. The first-order valence-electron chi connectivity index (χ1n) is 6.72. The van der Waals surface area contributed by atoms with Gasteiger partial charge in [-0.25, -0.2) is 9.69 Å². The van der Waals surface area contributed by atoms with Crippen LogP contribution in [0.25, 0.3) is 0 Å². The highest BCUT2D eigenvalue weighted by Gasteiger charge is 2.42. The molecule has 0 aromatic heterocycles. The zero-order valence-corrected chi connectivity index (χ0v) is 11.7. The highest BCUT2D eigenvalue weighted by atomic mass is 16.6. The molecule has 1 heterocycles. The van der Waals surface area contributed by atoms with Crippen LogP contribution < -0.4 is 0 Å². The predicted molar refractivity (Wildman–Crippen MR) is 73.1 cm³/mol. The summed E-state index contributed by atoms with van der Waals surface area (Å²) < 4.78 is 4.98. The van der Waals surface area contributed by atoms with Crippen molar-refractivity contribution in [3.8, 4) is 0 Å². The van der Waals surface area contributed by atoms with E-state index >= 15 is 0 Å². The first-order chi connectivity index (χ1) is 9.56. The molecule has 2 atom stereocenters. The molecule has 108 valence electrons. The van der Waals surface area contributed by atoms with Gasteiger partial charge in [-0.3, -0.25) is 4.79 Å².